The molecule has 1 amide bonds. The molecule has 0 fully saturated rings. The quantitative estimate of drug-likeness (QED) is 0.0156. The van der Waals surface area contributed by atoms with Crippen molar-refractivity contribution in [1.29, 1.82) is 0 Å². The Balaban J connectivity index is 5.04. The molecule has 0 heterocycles. The molecule has 0 bridgehead atoms. The minimum absolute atomic E-state index is 0.0365. The van der Waals surface area contributed by atoms with Crippen molar-refractivity contribution in [2.75, 3.05) is 40.9 Å². The first-order chi connectivity index (χ1) is 39.9. The molecule has 0 aromatic carbocycles. The van der Waals surface area contributed by atoms with Crippen LogP contribution < -0.4 is 5.32 Å². The van der Waals surface area contributed by atoms with Crippen LogP contribution in [0.2, 0.25) is 0 Å². The standard InChI is InChI=1S/C72H137N2O7P/c1-7-10-13-16-19-22-25-28-30-32-33-34-35-36-37-38-39-40-41-42-44-47-50-53-56-59-62-65-72(76)81-70(63-60-57-54-51-48-45-27-24-21-18-15-12-9-3)69(68-80-82(77,78)79-67-66-74(4,5)6)73-71(75)64-61-58-55-52-49-46-43-31-29-26-23-20-17-14-11-8-2/h28,30-31,43,46,49,60,63,69-70H,7-27,29,32-42,44-45,47-48,50-59,61-62,64-68H2,1-6H3,(H-,73,75,77,78)/p+1/b30-28+,43-31+,49-46+,63-60-. The summed E-state index contributed by atoms with van der Waals surface area (Å²) in [7, 11) is 1.49. The average molecular weight is 1170 g/mol. The van der Waals surface area contributed by atoms with Gasteiger partial charge in [-0.2, -0.15) is 0 Å². The fourth-order valence-corrected chi connectivity index (χ4v) is 11.3. The molecule has 0 aliphatic heterocycles. The largest absolute Gasteiger partial charge is 0.472 e. The Morgan fingerprint density at radius 1 is 0.427 bits per heavy atom. The highest BCUT2D eigenvalue weighted by Crippen LogP contribution is 2.43. The molecule has 2 N–H and O–H groups in total. The Morgan fingerprint density at radius 3 is 1.12 bits per heavy atom. The number of carbonyl (C=O) groups excluding carboxylic acids is 2. The van der Waals surface area contributed by atoms with E-state index in [1.54, 1.807) is 0 Å². The van der Waals surface area contributed by atoms with E-state index in [1.807, 2.05) is 33.3 Å². The molecular formula is C72H138N2O7P+. The summed E-state index contributed by atoms with van der Waals surface area (Å²) in [6, 6.07) is -0.861. The molecule has 0 aliphatic rings. The Hall–Kier alpha value is -2.03. The molecule has 0 saturated carbocycles. The van der Waals surface area contributed by atoms with Crippen molar-refractivity contribution in [2.24, 2.45) is 0 Å². The van der Waals surface area contributed by atoms with Gasteiger partial charge < -0.3 is 19.4 Å². The number of rotatable bonds is 65. The molecule has 3 atom stereocenters. The van der Waals surface area contributed by atoms with Crippen molar-refractivity contribution in [2.45, 2.75) is 360 Å². The van der Waals surface area contributed by atoms with Crippen LogP contribution in [0.3, 0.4) is 0 Å². The molecule has 0 saturated heterocycles. The van der Waals surface area contributed by atoms with E-state index in [0.717, 1.165) is 64.2 Å². The lowest BCUT2D eigenvalue weighted by atomic mass is 10.0. The first-order valence-corrected chi connectivity index (χ1v) is 37.0. The third kappa shape index (κ3) is 62.5. The highest BCUT2D eigenvalue weighted by molar-refractivity contribution is 7.47. The van der Waals surface area contributed by atoms with E-state index < -0.39 is 20.0 Å². The maximum atomic E-state index is 13.6. The zero-order valence-corrected chi connectivity index (χ0v) is 56.1. The summed E-state index contributed by atoms with van der Waals surface area (Å²) in [4.78, 5) is 37.8. The van der Waals surface area contributed by atoms with Crippen molar-refractivity contribution < 1.29 is 37.3 Å². The van der Waals surface area contributed by atoms with Gasteiger partial charge in [0.25, 0.3) is 0 Å². The Kier molecular flexibility index (Phi) is 60.5. The topological polar surface area (TPSA) is 111 Å². The molecule has 0 radical (unpaired) electrons. The second kappa shape index (κ2) is 62.0. The summed E-state index contributed by atoms with van der Waals surface area (Å²) >= 11 is 0. The molecule has 0 aromatic heterocycles. The van der Waals surface area contributed by atoms with E-state index in [9.17, 15) is 19.0 Å². The predicted molar refractivity (Wildman–Crippen MR) is 355 cm³/mol. The van der Waals surface area contributed by atoms with Crippen LogP contribution in [0.15, 0.2) is 48.6 Å². The Morgan fingerprint density at radius 2 is 0.744 bits per heavy atom. The number of likely N-dealkylation sites (N-methyl/N-ethyl adjacent to an activating group) is 1. The second-order valence-electron chi connectivity index (χ2n) is 25.4. The van der Waals surface area contributed by atoms with Gasteiger partial charge in [-0.15, -0.1) is 0 Å². The lowest BCUT2D eigenvalue weighted by Gasteiger charge is -2.27. The van der Waals surface area contributed by atoms with E-state index >= 15 is 0 Å². The van der Waals surface area contributed by atoms with E-state index in [1.165, 1.54) is 244 Å². The molecule has 0 aliphatic carbocycles. The van der Waals surface area contributed by atoms with Gasteiger partial charge in [-0.3, -0.25) is 18.6 Å². The van der Waals surface area contributed by atoms with Crippen LogP contribution in [0.5, 0.6) is 0 Å². The summed E-state index contributed by atoms with van der Waals surface area (Å²) in [5.74, 6) is -0.520. The molecule has 0 spiro atoms. The molecule has 0 rings (SSSR count). The highest BCUT2D eigenvalue weighted by atomic mass is 31.2. The van der Waals surface area contributed by atoms with Gasteiger partial charge in [-0.05, 0) is 83.1 Å². The monoisotopic (exact) mass is 1170 g/mol. The first kappa shape index (κ1) is 80.0. The third-order valence-electron chi connectivity index (χ3n) is 16.0. The number of phosphoric ester groups is 1. The molecule has 0 aromatic rings. The third-order valence-corrected chi connectivity index (χ3v) is 17.0. The van der Waals surface area contributed by atoms with Gasteiger partial charge in [0, 0.05) is 12.8 Å². The van der Waals surface area contributed by atoms with Gasteiger partial charge in [-0.1, -0.05) is 301 Å². The van der Waals surface area contributed by atoms with Crippen LogP contribution in [0, 0.1) is 0 Å². The molecule has 9 nitrogen and oxygen atoms in total. The number of unbranched alkanes of at least 4 members (excludes halogenated alkanes) is 44. The maximum absolute atomic E-state index is 13.6. The maximum Gasteiger partial charge on any atom is 0.472 e. The Bertz CT molecular complexity index is 1540. The fraction of sp³-hybridized carbons (Fsp3) is 0.861. The zero-order chi connectivity index (χ0) is 60.0. The molecule has 482 valence electrons. The number of nitrogens with one attached hydrogen (secondary N) is 1. The predicted octanol–water partition coefficient (Wildman–Crippen LogP) is 22.4. The van der Waals surface area contributed by atoms with Gasteiger partial charge in [0.15, 0.2) is 0 Å². The molecule has 3 unspecified atom stereocenters. The smallest absolute Gasteiger partial charge is 0.456 e. The number of hydrogen-bond acceptors (Lipinski definition) is 6. The van der Waals surface area contributed by atoms with Crippen LogP contribution >= 0.6 is 7.82 Å². The van der Waals surface area contributed by atoms with Crippen molar-refractivity contribution in [3.8, 4) is 0 Å². The number of carbonyl (C=O) groups is 2. The molecule has 10 heteroatoms. The van der Waals surface area contributed by atoms with E-state index in [0.29, 0.717) is 23.9 Å². The first-order valence-electron chi connectivity index (χ1n) is 35.5. The van der Waals surface area contributed by atoms with Gasteiger partial charge >= 0.3 is 13.8 Å². The Labute approximate surface area is 509 Å². The van der Waals surface area contributed by atoms with Crippen molar-refractivity contribution >= 4 is 19.7 Å². The van der Waals surface area contributed by atoms with Crippen LogP contribution in [0.1, 0.15) is 348 Å². The summed E-state index contributed by atoms with van der Waals surface area (Å²) in [5, 5.41) is 3.05. The van der Waals surface area contributed by atoms with Crippen LogP contribution in [-0.4, -0.2) is 74.3 Å². The molecular weight excluding hydrogens is 1040 g/mol. The number of esters is 1. The van der Waals surface area contributed by atoms with Gasteiger partial charge in [0.2, 0.25) is 5.91 Å². The number of hydrogen-bond donors (Lipinski definition) is 2. The minimum Gasteiger partial charge on any atom is -0.456 e. The van der Waals surface area contributed by atoms with Gasteiger partial charge in [0.05, 0.1) is 33.8 Å². The van der Waals surface area contributed by atoms with Crippen molar-refractivity contribution in [1.82, 2.24) is 5.32 Å². The van der Waals surface area contributed by atoms with Crippen LogP contribution in [0.25, 0.3) is 0 Å². The number of quaternary nitrogens is 1. The second-order valence-corrected chi connectivity index (χ2v) is 26.9. The summed E-state index contributed by atoms with van der Waals surface area (Å²) in [6.45, 7) is 7.03. The highest BCUT2D eigenvalue weighted by Gasteiger charge is 2.30. The van der Waals surface area contributed by atoms with Crippen LogP contribution in [-0.2, 0) is 27.9 Å². The number of allylic oxidation sites excluding steroid dienone is 7. The van der Waals surface area contributed by atoms with E-state index in [4.69, 9.17) is 13.8 Å². The van der Waals surface area contributed by atoms with Gasteiger partial charge in [-0.25, -0.2) is 4.57 Å². The summed E-state index contributed by atoms with van der Waals surface area (Å²) in [6.07, 6.45) is 78.5. The minimum atomic E-state index is -4.46. The number of amides is 1. The summed E-state index contributed by atoms with van der Waals surface area (Å²) < 4.78 is 30.8. The fourth-order valence-electron chi connectivity index (χ4n) is 10.5. The summed E-state index contributed by atoms with van der Waals surface area (Å²) in [5.41, 5.74) is 0. The number of ether oxygens (including phenoxy) is 1. The zero-order valence-electron chi connectivity index (χ0n) is 55.2. The van der Waals surface area contributed by atoms with Crippen LogP contribution in [0.4, 0.5) is 0 Å². The lowest BCUT2D eigenvalue weighted by Crippen LogP contribution is -2.47. The number of phosphoric acid groups is 1. The van der Waals surface area contributed by atoms with Gasteiger partial charge in [0.1, 0.15) is 19.3 Å². The van der Waals surface area contributed by atoms with E-state index in [2.05, 4.69) is 62.5 Å². The van der Waals surface area contributed by atoms with Crippen molar-refractivity contribution in [3.63, 3.8) is 0 Å². The normalized spacial score (nSPS) is 13.8. The average Bonchev–Trinajstić information content (AvgIpc) is 3.45. The lowest BCUT2D eigenvalue weighted by molar-refractivity contribution is -0.870. The van der Waals surface area contributed by atoms with E-state index in [-0.39, 0.29) is 31.5 Å². The molecule has 82 heavy (non-hydrogen) atoms. The SMILES string of the molecule is CCCCCCCC/C=C/CCCCCCCCCCCCCCCCCCCC(=O)OC(/C=C\CCCCCCCCCCCCC)C(COP(=O)(O)OCC[N+](C)(C)C)NC(=O)CCCCC/C=C/C=C/CCCCCCCCC. The number of nitrogens with zero attached hydrogens (tertiary/aromatic N) is 1. The van der Waals surface area contributed by atoms with Crippen molar-refractivity contribution in [3.05, 3.63) is 48.6 Å².